The first-order valence-corrected chi connectivity index (χ1v) is 8.40. The van der Waals surface area contributed by atoms with Crippen LogP contribution in [0.5, 0.6) is 0 Å². The van der Waals surface area contributed by atoms with Gasteiger partial charge in [0.05, 0.1) is 17.7 Å². The van der Waals surface area contributed by atoms with Crippen molar-refractivity contribution in [2.75, 3.05) is 11.4 Å². The molecular formula is C16H23F3N4O. The van der Waals surface area contributed by atoms with Gasteiger partial charge in [0, 0.05) is 25.7 Å². The van der Waals surface area contributed by atoms with E-state index < -0.39 is 18.1 Å². The van der Waals surface area contributed by atoms with E-state index in [2.05, 4.69) is 10.4 Å². The fraction of sp³-hybridized carbons (Fsp3) is 0.750. The Bertz CT molecular complexity index is 613. The summed E-state index contributed by atoms with van der Waals surface area (Å²) < 4.78 is 40.4. The zero-order chi connectivity index (χ0) is 17.5. The van der Waals surface area contributed by atoms with Crippen molar-refractivity contribution in [3.63, 3.8) is 0 Å². The highest BCUT2D eigenvalue weighted by molar-refractivity contribution is 5.98. The van der Waals surface area contributed by atoms with E-state index in [9.17, 15) is 18.0 Å². The Kier molecular flexibility index (Phi) is 4.59. The predicted molar refractivity (Wildman–Crippen MR) is 83.6 cm³/mol. The van der Waals surface area contributed by atoms with Crippen LogP contribution in [0, 0.1) is 12.8 Å². The molecule has 1 saturated heterocycles. The van der Waals surface area contributed by atoms with Gasteiger partial charge in [0.15, 0.2) is 0 Å². The second-order valence-electron chi connectivity index (χ2n) is 6.87. The molecular weight excluding hydrogens is 321 g/mol. The number of aromatic nitrogens is 2. The molecule has 2 aliphatic rings. The van der Waals surface area contributed by atoms with E-state index in [1.165, 1.54) is 0 Å². The first kappa shape index (κ1) is 17.3. The van der Waals surface area contributed by atoms with Crippen LogP contribution >= 0.6 is 0 Å². The SMILES string of the molecule is Cc1cc(N2CC[C@H](N[C@@H]3CCC[C@H](C(F)(F)F)C3)C2=O)n(C)n1. The van der Waals surface area contributed by atoms with Crippen molar-refractivity contribution in [2.45, 2.75) is 57.3 Å². The molecule has 0 spiro atoms. The molecule has 1 aliphatic heterocycles. The first-order chi connectivity index (χ1) is 11.3. The number of hydrogen-bond donors (Lipinski definition) is 1. The second-order valence-corrected chi connectivity index (χ2v) is 6.87. The van der Waals surface area contributed by atoms with Crippen LogP contribution in [0.15, 0.2) is 6.07 Å². The molecule has 1 aromatic heterocycles. The lowest BCUT2D eigenvalue weighted by Crippen LogP contribution is -2.47. The smallest absolute Gasteiger partial charge is 0.303 e. The number of halogens is 3. The number of hydrogen-bond acceptors (Lipinski definition) is 3. The fourth-order valence-electron chi connectivity index (χ4n) is 3.83. The lowest BCUT2D eigenvalue weighted by Gasteiger charge is -2.32. The van der Waals surface area contributed by atoms with Gasteiger partial charge in [0.2, 0.25) is 5.91 Å². The number of aryl methyl sites for hydroxylation is 2. The number of nitrogens with one attached hydrogen (secondary N) is 1. The fourth-order valence-corrected chi connectivity index (χ4v) is 3.83. The van der Waals surface area contributed by atoms with Crippen molar-refractivity contribution in [2.24, 2.45) is 13.0 Å². The van der Waals surface area contributed by atoms with Gasteiger partial charge in [0.25, 0.3) is 0 Å². The summed E-state index contributed by atoms with van der Waals surface area (Å²) in [7, 11) is 1.78. The van der Waals surface area contributed by atoms with Crippen molar-refractivity contribution in [3.8, 4) is 0 Å². The molecule has 2 fully saturated rings. The van der Waals surface area contributed by atoms with E-state index in [0.717, 1.165) is 11.5 Å². The van der Waals surface area contributed by atoms with Gasteiger partial charge in [-0.05, 0) is 32.6 Å². The number of carbonyl (C=O) groups is 1. The van der Waals surface area contributed by atoms with Crippen LogP contribution in [0.1, 0.15) is 37.8 Å². The van der Waals surface area contributed by atoms with Crippen LogP contribution in [-0.2, 0) is 11.8 Å². The third-order valence-corrected chi connectivity index (χ3v) is 5.03. The van der Waals surface area contributed by atoms with Crippen LogP contribution in [0.2, 0.25) is 0 Å². The summed E-state index contributed by atoms with van der Waals surface area (Å²) in [4.78, 5) is 14.3. The minimum absolute atomic E-state index is 0.0676. The summed E-state index contributed by atoms with van der Waals surface area (Å²) in [5, 5.41) is 7.42. The highest BCUT2D eigenvalue weighted by Crippen LogP contribution is 2.38. The van der Waals surface area contributed by atoms with Gasteiger partial charge in [-0.25, -0.2) is 0 Å². The van der Waals surface area contributed by atoms with Crippen LogP contribution in [0.4, 0.5) is 19.0 Å². The Morgan fingerprint density at radius 2 is 2.04 bits per heavy atom. The van der Waals surface area contributed by atoms with E-state index in [1.54, 1.807) is 16.6 Å². The highest BCUT2D eigenvalue weighted by Gasteiger charge is 2.43. The lowest BCUT2D eigenvalue weighted by atomic mass is 9.85. The Morgan fingerprint density at radius 3 is 2.67 bits per heavy atom. The highest BCUT2D eigenvalue weighted by atomic mass is 19.4. The summed E-state index contributed by atoms with van der Waals surface area (Å²) in [6.45, 7) is 2.42. The average molecular weight is 344 g/mol. The Labute approximate surface area is 139 Å². The zero-order valence-corrected chi connectivity index (χ0v) is 13.9. The topological polar surface area (TPSA) is 50.2 Å². The molecule has 1 N–H and O–H groups in total. The van der Waals surface area contributed by atoms with E-state index in [1.807, 2.05) is 13.0 Å². The maximum atomic E-state index is 12.9. The van der Waals surface area contributed by atoms with Crippen molar-refractivity contribution >= 4 is 11.7 Å². The Balaban J connectivity index is 1.63. The summed E-state index contributed by atoms with van der Waals surface area (Å²) in [6.07, 6.45) is -2.03. The third-order valence-electron chi connectivity index (χ3n) is 5.03. The molecule has 0 bridgehead atoms. The van der Waals surface area contributed by atoms with Gasteiger partial charge in [-0.15, -0.1) is 0 Å². The molecule has 0 radical (unpaired) electrons. The lowest BCUT2D eigenvalue weighted by molar-refractivity contribution is -0.183. The average Bonchev–Trinajstić information content (AvgIpc) is 3.01. The minimum atomic E-state index is -4.14. The molecule has 5 nitrogen and oxygen atoms in total. The maximum absolute atomic E-state index is 12.9. The number of alkyl halides is 3. The van der Waals surface area contributed by atoms with Crippen LogP contribution in [-0.4, -0.2) is 40.5 Å². The molecule has 2 heterocycles. The number of nitrogens with zero attached hydrogens (tertiary/aromatic N) is 3. The van der Waals surface area contributed by atoms with Gasteiger partial charge in [-0.1, -0.05) is 6.42 Å². The quantitative estimate of drug-likeness (QED) is 0.917. The molecule has 1 saturated carbocycles. The molecule has 1 aliphatic carbocycles. The predicted octanol–water partition coefficient (Wildman–Crippen LogP) is 2.54. The molecule has 8 heteroatoms. The van der Waals surface area contributed by atoms with Crippen LogP contribution < -0.4 is 10.2 Å². The molecule has 3 atom stereocenters. The number of amides is 1. The number of rotatable bonds is 3. The summed E-state index contributed by atoms with van der Waals surface area (Å²) in [5.41, 5.74) is 0.831. The molecule has 0 unspecified atom stereocenters. The summed E-state index contributed by atoms with van der Waals surface area (Å²) in [5.74, 6) is -0.596. The number of carbonyl (C=O) groups excluding carboxylic acids is 1. The minimum Gasteiger partial charge on any atom is -0.303 e. The zero-order valence-electron chi connectivity index (χ0n) is 13.9. The third kappa shape index (κ3) is 3.43. The largest absolute Gasteiger partial charge is 0.391 e. The Morgan fingerprint density at radius 1 is 1.29 bits per heavy atom. The van der Waals surface area contributed by atoms with Crippen molar-refractivity contribution in [1.29, 1.82) is 0 Å². The molecule has 1 amide bonds. The van der Waals surface area contributed by atoms with E-state index in [4.69, 9.17) is 0 Å². The first-order valence-electron chi connectivity index (χ1n) is 8.40. The van der Waals surface area contributed by atoms with Gasteiger partial charge in [-0.2, -0.15) is 18.3 Å². The second kappa shape index (κ2) is 6.38. The standard InChI is InChI=1S/C16H23F3N4O/c1-10-8-14(22(2)21-10)23-7-6-13(15(23)24)20-12-5-3-4-11(9-12)16(17,18)19/h8,11-13,20H,3-7,9H2,1-2H3/t11-,12+,13-/m0/s1. The van der Waals surface area contributed by atoms with Crippen molar-refractivity contribution in [1.82, 2.24) is 15.1 Å². The molecule has 0 aromatic carbocycles. The van der Waals surface area contributed by atoms with Crippen molar-refractivity contribution in [3.05, 3.63) is 11.8 Å². The molecule has 3 rings (SSSR count). The van der Waals surface area contributed by atoms with E-state index in [0.29, 0.717) is 25.8 Å². The summed E-state index contributed by atoms with van der Waals surface area (Å²) >= 11 is 0. The molecule has 24 heavy (non-hydrogen) atoms. The Hall–Kier alpha value is -1.57. The maximum Gasteiger partial charge on any atom is 0.391 e. The van der Waals surface area contributed by atoms with Crippen LogP contribution in [0.25, 0.3) is 0 Å². The summed E-state index contributed by atoms with van der Waals surface area (Å²) in [6, 6.07) is 1.20. The van der Waals surface area contributed by atoms with Crippen LogP contribution in [0.3, 0.4) is 0 Å². The van der Waals surface area contributed by atoms with Gasteiger partial charge in [-0.3, -0.25) is 14.4 Å². The van der Waals surface area contributed by atoms with Gasteiger partial charge in [0.1, 0.15) is 5.82 Å². The van der Waals surface area contributed by atoms with Gasteiger partial charge >= 0.3 is 6.18 Å². The number of anilines is 1. The van der Waals surface area contributed by atoms with E-state index >= 15 is 0 Å². The van der Waals surface area contributed by atoms with Gasteiger partial charge < -0.3 is 5.32 Å². The molecule has 134 valence electrons. The van der Waals surface area contributed by atoms with Crippen molar-refractivity contribution < 1.29 is 18.0 Å². The monoisotopic (exact) mass is 344 g/mol. The van der Waals surface area contributed by atoms with E-state index in [-0.39, 0.29) is 24.8 Å². The normalized spacial score (nSPS) is 28.6. The molecule has 1 aromatic rings.